The molecule has 0 saturated carbocycles. The third-order valence-electron chi connectivity index (χ3n) is 5.85. The Morgan fingerprint density at radius 2 is 1.73 bits per heavy atom. The Morgan fingerprint density at radius 3 is 2.41 bits per heavy atom. The number of hydrogen-bond donors (Lipinski definition) is 1. The van der Waals surface area contributed by atoms with E-state index in [9.17, 15) is 23.3 Å². The highest BCUT2D eigenvalue weighted by molar-refractivity contribution is 7.89. The SMILES string of the molecule is CCOC(=O)c1sc(-c2ccccc2)cc1NC(=O)CN1CCN(S(=O)(=O)c2ccccc2C#N)CC1. The molecule has 37 heavy (non-hydrogen) atoms. The maximum Gasteiger partial charge on any atom is 0.350 e. The molecule has 0 aliphatic carbocycles. The summed E-state index contributed by atoms with van der Waals surface area (Å²) in [6.07, 6.45) is 0. The lowest BCUT2D eigenvalue weighted by molar-refractivity contribution is -0.117. The average Bonchev–Trinajstić information content (AvgIpc) is 3.33. The van der Waals surface area contributed by atoms with E-state index in [1.165, 1.54) is 27.8 Å². The monoisotopic (exact) mass is 538 g/mol. The molecule has 1 saturated heterocycles. The van der Waals surface area contributed by atoms with Gasteiger partial charge in [0.1, 0.15) is 10.9 Å². The number of esters is 1. The number of piperazine rings is 1. The quantitative estimate of drug-likeness (QED) is 0.437. The molecule has 3 aromatic rings. The lowest BCUT2D eigenvalue weighted by Crippen LogP contribution is -2.50. The number of benzene rings is 2. The lowest BCUT2D eigenvalue weighted by atomic mass is 10.2. The van der Waals surface area contributed by atoms with Crippen LogP contribution in [0.5, 0.6) is 0 Å². The smallest absolute Gasteiger partial charge is 0.350 e. The molecule has 192 valence electrons. The van der Waals surface area contributed by atoms with E-state index >= 15 is 0 Å². The predicted molar refractivity (Wildman–Crippen MR) is 141 cm³/mol. The second kappa shape index (κ2) is 11.7. The van der Waals surface area contributed by atoms with Crippen LogP contribution in [-0.2, 0) is 19.6 Å². The molecule has 1 aliphatic heterocycles. The Labute approximate surface area is 219 Å². The van der Waals surface area contributed by atoms with Gasteiger partial charge in [0.15, 0.2) is 0 Å². The topological polar surface area (TPSA) is 120 Å². The molecule has 4 rings (SSSR count). The molecule has 1 aliphatic rings. The summed E-state index contributed by atoms with van der Waals surface area (Å²) in [4.78, 5) is 28.4. The van der Waals surface area contributed by atoms with Crippen molar-refractivity contribution in [1.82, 2.24) is 9.21 Å². The number of carbonyl (C=O) groups excluding carboxylic acids is 2. The molecule has 0 atom stereocenters. The van der Waals surface area contributed by atoms with Gasteiger partial charge in [-0.3, -0.25) is 9.69 Å². The number of nitrogens with zero attached hydrogens (tertiary/aromatic N) is 3. The molecular formula is C26H26N4O5S2. The molecule has 0 radical (unpaired) electrons. The molecule has 1 aromatic heterocycles. The predicted octanol–water partition coefficient (Wildman–Crippen LogP) is 3.41. The number of thiophene rings is 1. The minimum Gasteiger partial charge on any atom is -0.462 e. The number of anilines is 1. The van der Waals surface area contributed by atoms with E-state index in [0.717, 1.165) is 10.4 Å². The normalized spacial score (nSPS) is 14.6. The van der Waals surface area contributed by atoms with Gasteiger partial charge in [-0.25, -0.2) is 13.2 Å². The summed E-state index contributed by atoms with van der Waals surface area (Å²) >= 11 is 1.25. The standard InChI is InChI=1S/C26H26N4O5S2/c1-2-35-26(32)25-21(16-22(36-25)19-8-4-3-5-9-19)28-24(31)18-29-12-14-30(15-13-29)37(33,34)23-11-7-6-10-20(23)17-27/h3-11,16H,2,12-15,18H2,1H3,(H,28,31). The zero-order chi connectivity index (χ0) is 26.4. The van der Waals surface area contributed by atoms with Crippen LogP contribution in [0.2, 0.25) is 0 Å². The van der Waals surface area contributed by atoms with Crippen LogP contribution in [0.1, 0.15) is 22.2 Å². The van der Waals surface area contributed by atoms with E-state index in [1.807, 2.05) is 41.3 Å². The Balaban J connectivity index is 1.41. The van der Waals surface area contributed by atoms with Gasteiger partial charge in [0.25, 0.3) is 0 Å². The Kier molecular flexibility index (Phi) is 8.35. The summed E-state index contributed by atoms with van der Waals surface area (Å²) in [5.41, 5.74) is 1.42. The van der Waals surface area contributed by atoms with Crippen LogP contribution in [0.25, 0.3) is 10.4 Å². The van der Waals surface area contributed by atoms with Crippen molar-refractivity contribution in [2.45, 2.75) is 11.8 Å². The number of nitrogens with one attached hydrogen (secondary N) is 1. The molecule has 1 amide bonds. The minimum atomic E-state index is -3.82. The van der Waals surface area contributed by atoms with Crippen LogP contribution in [0.3, 0.4) is 0 Å². The highest BCUT2D eigenvalue weighted by Crippen LogP contribution is 2.35. The highest BCUT2D eigenvalue weighted by Gasteiger charge is 2.31. The summed E-state index contributed by atoms with van der Waals surface area (Å²) in [5, 5.41) is 12.1. The first-order chi connectivity index (χ1) is 17.8. The number of nitriles is 1. The molecule has 9 nitrogen and oxygen atoms in total. The number of sulfonamides is 1. The molecule has 11 heteroatoms. The summed E-state index contributed by atoms with van der Waals surface area (Å²) in [7, 11) is -3.82. The number of rotatable bonds is 8. The van der Waals surface area contributed by atoms with Crippen LogP contribution in [-0.4, -0.2) is 68.8 Å². The van der Waals surface area contributed by atoms with Crippen molar-refractivity contribution >= 4 is 38.9 Å². The van der Waals surface area contributed by atoms with E-state index in [2.05, 4.69) is 5.32 Å². The third-order valence-corrected chi connectivity index (χ3v) is 8.97. The molecule has 0 bridgehead atoms. The van der Waals surface area contributed by atoms with E-state index in [-0.39, 0.29) is 42.6 Å². The van der Waals surface area contributed by atoms with Gasteiger partial charge < -0.3 is 10.1 Å². The molecule has 2 heterocycles. The summed E-state index contributed by atoms with van der Waals surface area (Å²) in [5.74, 6) is -0.810. The fraction of sp³-hybridized carbons (Fsp3) is 0.269. The zero-order valence-electron chi connectivity index (χ0n) is 20.2. The second-order valence-electron chi connectivity index (χ2n) is 8.28. The first kappa shape index (κ1) is 26.5. The average molecular weight is 539 g/mol. The highest BCUT2D eigenvalue weighted by atomic mass is 32.2. The molecule has 0 spiro atoms. The summed E-state index contributed by atoms with van der Waals surface area (Å²) in [6, 6.07) is 19.4. The molecule has 0 unspecified atom stereocenters. The zero-order valence-corrected chi connectivity index (χ0v) is 21.8. The number of hydrogen-bond acceptors (Lipinski definition) is 8. The van der Waals surface area contributed by atoms with Crippen molar-refractivity contribution in [1.29, 1.82) is 5.26 Å². The van der Waals surface area contributed by atoms with E-state index in [1.54, 1.807) is 25.1 Å². The van der Waals surface area contributed by atoms with Gasteiger partial charge in [0.2, 0.25) is 15.9 Å². The number of ether oxygens (including phenoxy) is 1. The Bertz CT molecular complexity index is 1420. The van der Waals surface area contributed by atoms with E-state index in [0.29, 0.717) is 23.7 Å². The Morgan fingerprint density at radius 1 is 1.05 bits per heavy atom. The van der Waals surface area contributed by atoms with Gasteiger partial charge in [-0.15, -0.1) is 11.3 Å². The van der Waals surface area contributed by atoms with Crippen molar-refractivity contribution in [2.24, 2.45) is 0 Å². The molecule has 2 aromatic carbocycles. The van der Waals surface area contributed by atoms with Crippen LogP contribution in [0, 0.1) is 11.3 Å². The van der Waals surface area contributed by atoms with Crippen molar-refractivity contribution in [3.8, 4) is 16.5 Å². The van der Waals surface area contributed by atoms with Gasteiger partial charge in [-0.2, -0.15) is 9.57 Å². The molecule has 1 fully saturated rings. The maximum atomic E-state index is 13.0. The van der Waals surface area contributed by atoms with Crippen LogP contribution >= 0.6 is 11.3 Å². The van der Waals surface area contributed by atoms with Crippen molar-refractivity contribution in [3.63, 3.8) is 0 Å². The minimum absolute atomic E-state index is 0.0122. The maximum absolute atomic E-state index is 13.0. The second-order valence-corrected chi connectivity index (χ2v) is 11.2. The fourth-order valence-electron chi connectivity index (χ4n) is 4.02. The number of carbonyl (C=O) groups is 2. The molecular weight excluding hydrogens is 512 g/mol. The van der Waals surface area contributed by atoms with Gasteiger partial charge >= 0.3 is 5.97 Å². The summed E-state index contributed by atoms with van der Waals surface area (Å²) < 4.78 is 32.6. The van der Waals surface area contributed by atoms with Crippen LogP contribution in [0.4, 0.5) is 5.69 Å². The van der Waals surface area contributed by atoms with Crippen molar-refractivity contribution in [2.75, 3.05) is 44.6 Å². The van der Waals surface area contributed by atoms with E-state index < -0.39 is 16.0 Å². The number of amides is 1. The first-order valence-corrected chi connectivity index (χ1v) is 14.0. The van der Waals surface area contributed by atoms with Gasteiger partial charge in [-0.05, 0) is 30.7 Å². The largest absolute Gasteiger partial charge is 0.462 e. The fourth-order valence-corrected chi connectivity index (χ4v) is 6.60. The lowest BCUT2D eigenvalue weighted by Gasteiger charge is -2.33. The van der Waals surface area contributed by atoms with Gasteiger partial charge in [0.05, 0.1) is 29.3 Å². The van der Waals surface area contributed by atoms with Gasteiger partial charge in [0, 0.05) is 31.1 Å². The van der Waals surface area contributed by atoms with Crippen molar-refractivity contribution < 1.29 is 22.7 Å². The van der Waals surface area contributed by atoms with E-state index in [4.69, 9.17) is 4.74 Å². The van der Waals surface area contributed by atoms with Crippen LogP contribution < -0.4 is 5.32 Å². The Hall–Kier alpha value is -3.56. The van der Waals surface area contributed by atoms with Crippen LogP contribution in [0.15, 0.2) is 65.6 Å². The summed E-state index contributed by atoms with van der Waals surface area (Å²) in [6.45, 7) is 3.08. The molecule has 1 N–H and O–H groups in total. The van der Waals surface area contributed by atoms with Crippen molar-refractivity contribution in [3.05, 3.63) is 71.1 Å². The first-order valence-electron chi connectivity index (χ1n) is 11.7. The van der Waals surface area contributed by atoms with Gasteiger partial charge in [-0.1, -0.05) is 42.5 Å². The third kappa shape index (κ3) is 6.06.